The molecule has 3 rings (SSSR count). The van der Waals surface area contributed by atoms with E-state index in [4.69, 9.17) is 24.8 Å². The minimum Gasteiger partial charge on any atom is -0.383 e. The molecule has 0 radical (unpaired) electrons. The van der Waals surface area contributed by atoms with Gasteiger partial charge in [-0.3, -0.25) is 9.09 Å². The Morgan fingerprint density at radius 2 is 1.77 bits per heavy atom. The van der Waals surface area contributed by atoms with E-state index in [1.165, 1.54) is 0 Å². The van der Waals surface area contributed by atoms with Crippen LogP contribution in [-0.4, -0.2) is 42.2 Å². The van der Waals surface area contributed by atoms with Gasteiger partial charge in [0.1, 0.15) is 23.5 Å². The van der Waals surface area contributed by atoms with Crippen LogP contribution in [0.4, 0.5) is 5.82 Å². The maximum absolute atomic E-state index is 12.6. The fourth-order valence-electron chi connectivity index (χ4n) is 3.25. The number of fused-ring (bicyclic) bond motifs is 1. The molecule has 0 saturated carbocycles. The Hall–Kier alpha value is -1.17. The van der Waals surface area contributed by atoms with E-state index in [9.17, 15) is 18.6 Å². The smallest absolute Gasteiger partial charge is 0.383 e. The van der Waals surface area contributed by atoms with Gasteiger partial charge in [0.05, 0.1) is 5.39 Å². The summed E-state index contributed by atoms with van der Waals surface area (Å²) >= 11 is 0. The van der Waals surface area contributed by atoms with Crippen LogP contribution < -0.4 is 5.73 Å². The maximum atomic E-state index is 12.6. The van der Waals surface area contributed by atoms with Crippen molar-refractivity contribution in [2.45, 2.75) is 33.3 Å². The second-order valence-electron chi connectivity index (χ2n) is 7.23. The van der Waals surface area contributed by atoms with Gasteiger partial charge in [-0.15, -0.1) is 0 Å². The number of hydrogen-bond donors (Lipinski definition) is 4. The quantitative estimate of drug-likeness (QED) is 0.404. The van der Waals surface area contributed by atoms with Crippen LogP contribution in [0.15, 0.2) is 12.3 Å². The van der Waals surface area contributed by atoms with E-state index >= 15 is 0 Å². The first kappa shape index (κ1) is 24.5. The van der Waals surface area contributed by atoms with Gasteiger partial charge in [-0.1, -0.05) is 13.8 Å². The van der Waals surface area contributed by atoms with Crippen molar-refractivity contribution in [2.75, 3.05) is 12.4 Å². The van der Waals surface area contributed by atoms with Gasteiger partial charge < -0.3 is 29.7 Å². The third kappa shape index (κ3) is 5.61. The molecule has 174 valence electrons. The van der Waals surface area contributed by atoms with Gasteiger partial charge in [-0.05, 0) is 13.0 Å². The van der Waals surface area contributed by atoms with E-state index in [0.29, 0.717) is 22.7 Å². The van der Waals surface area contributed by atoms with E-state index < -0.39 is 35.8 Å². The molecule has 0 spiro atoms. The second-order valence-corrected chi connectivity index (χ2v) is 12.2. The first-order valence-corrected chi connectivity index (χ1v) is 13.9. The molecule has 17 heteroatoms. The first-order valence-electron chi connectivity index (χ1n) is 8.91. The van der Waals surface area contributed by atoms with Crippen LogP contribution in [-0.2, 0) is 31.6 Å². The highest BCUT2D eigenvalue weighted by molar-refractivity contribution is 7.68. The van der Waals surface area contributed by atoms with Crippen molar-refractivity contribution in [1.29, 1.82) is 0 Å². The highest BCUT2D eigenvalue weighted by Gasteiger charge is 2.46. The molecule has 3 heterocycles. The molecule has 2 aromatic rings. The Bertz CT molecular complexity index is 1130. The topological polar surface area (TPSA) is 206 Å². The van der Waals surface area contributed by atoms with Crippen molar-refractivity contribution in [1.82, 2.24) is 14.5 Å². The number of nitrogen functional groups attached to an aromatic ring is 1. The van der Waals surface area contributed by atoms with Crippen LogP contribution in [0.25, 0.3) is 11.0 Å². The minimum atomic E-state index is -5.38. The van der Waals surface area contributed by atoms with Crippen molar-refractivity contribution >= 4 is 40.1 Å². The van der Waals surface area contributed by atoms with Crippen molar-refractivity contribution in [3.8, 4) is 0 Å². The number of aromatic nitrogens is 3. The molecule has 31 heavy (non-hydrogen) atoms. The highest BCUT2D eigenvalue weighted by atomic mass is 31.3. The SMILES string of the molecule is Cc1nc(N)c2ccn(C3OC(OP(C)(=O)OP(=O)(O)OP(=O)(O)O)C(C)C3C)c2n1. The first-order chi connectivity index (χ1) is 14.1. The average Bonchev–Trinajstić information content (AvgIpc) is 3.07. The Kier molecular flexibility index (Phi) is 6.56. The van der Waals surface area contributed by atoms with E-state index in [1.54, 1.807) is 30.7 Å². The van der Waals surface area contributed by atoms with Crippen LogP contribution in [0.1, 0.15) is 25.9 Å². The largest absolute Gasteiger partial charge is 0.488 e. The zero-order valence-electron chi connectivity index (χ0n) is 16.9. The Morgan fingerprint density at radius 3 is 2.39 bits per heavy atom. The molecule has 0 amide bonds. The molecule has 0 aromatic carbocycles. The predicted octanol–water partition coefficient (Wildman–Crippen LogP) is 2.51. The van der Waals surface area contributed by atoms with Crippen LogP contribution >= 0.6 is 23.2 Å². The van der Waals surface area contributed by atoms with Gasteiger partial charge in [0.15, 0.2) is 6.29 Å². The van der Waals surface area contributed by atoms with Crippen LogP contribution in [0.5, 0.6) is 0 Å². The molecule has 5 N–H and O–H groups in total. The van der Waals surface area contributed by atoms with Gasteiger partial charge in [-0.2, -0.15) is 4.31 Å². The van der Waals surface area contributed by atoms with E-state index in [2.05, 4.69) is 18.6 Å². The molecule has 1 fully saturated rings. The summed E-state index contributed by atoms with van der Waals surface area (Å²) in [6.45, 7) is 6.16. The molecular formula is C14H23N4O10P3. The monoisotopic (exact) mass is 500 g/mol. The number of hydrogen-bond acceptors (Lipinski definition) is 10. The molecule has 6 unspecified atom stereocenters. The van der Waals surface area contributed by atoms with Crippen molar-refractivity contribution in [3.05, 3.63) is 18.1 Å². The molecule has 2 aromatic heterocycles. The van der Waals surface area contributed by atoms with Crippen molar-refractivity contribution in [2.24, 2.45) is 11.8 Å². The Morgan fingerprint density at radius 1 is 1.13 bits per heavy atom. The van der Waals surface area contributed by atoms with E-state index in [-0.39, 0.29) is 11.8 Å². The molecule has 14 nitrogen and oxygen atoms in total. The number of ether oxygens (including phenoxy) is 1. The summed E-state index contributed by atoms with van der Waals surface area (Å²) in [4.78, 5) is 35.3. The van der Waals surface area contributed by atoms with E-state index in [0.717, 1.165) is 6.66 Å². The normalized spacial score (nSPS) is 28.5. The van der Waals surface area contributed by atoms with Gasteiger partial charge in [-0.25, -0.2) is 23.4 Å². The van der Waals surface area contributed by atoms with Crippen LogP contribution in [0, 0.1) is 18.8 Å². The summed E-state index contributed by atoms with van der Waals surface area (Å²) < 4.78 is 56.0. The average molecular weight is 500 g/mol. The van der Waals surface area contributed by atoms with Crippen molar-refractivity contribution < 1.29 is 46.3 Å². The maximum Gasteiger partial charge on any atom is 0.488 e. The zero-order chi connectivity index (χ0) is 23.4. The molecule has 0 bridgehead atoms. The lowest BCUT2D eigenvalue weighted by Crippen LogP contribution is -2.18. The summed E-state index contributed by atoms with van der Waals surface area (Å²) in [5.41, 5.74) is 6.47. The number of phosphoric acid groups is 2. The van der Waals surface area contributed by atoms with Gasteiger partial charge in [0, 0.05) is 24.7 Å². The molecule has 1 saturated heterocycles. The van der Waals surface area contributed by atoms with Gasteiger partial charge in [0.2, 0.25) is 0 Å². The molecule has 1 aliphatic rings. The lowest BCUT2D eigenvalue weighted by molar-refractivity contribution is -0.111. The predicted molar refractivity (Wildman–Crippen MR) is 108 cm³/mol. The van der Waals surface area contributed by atoms with Crippen LogP contribution in [0.2, 0.25) is 0 Å². The Labute approximate surface area is 177 Å². The number of anilines is 1. The lowest BCUT2D eigenvalue weighted by atomic mass is 9.97. The Balaban J connectivity index is 1.81. The fraction of sp³-hybridized carbons (Fsp3) is 0.571. The molecule has 0 aliphatic carbocycles. The van der Waals surface area contributed by atoms with Crippen molar-refractivity contribution in [3.63, 3.8) is 0 Å². The summed E-state index contributed by atoms with van der Waals surface area (Å²) in [5, 5.41) is 0.624. The molecular weight excluding hydrogens is 477 g/mol. The summed E-state index contributed by atoms with van der Waals surface area (Å²) in [6, 6.07) is 1.73. The van der Waals surface area contributed by atoms with Gasteiger partial charge in [0.25, 0.3) is 0 Å². The number of nitrogens with zero attached hydrogens (tertiary/aromatic N) is 3. The molecule has 6 atom stereocenters. The molecule has 1 aliphatic heterocycles. The summed E-state index contributed by atoms with van der Waals surface area (Å²) in [7, 11) is -15.1. The van der Waals surface area contributed by atoms with E-state index in [1.807, 2.05) is 6.92 Å². The summed E-state index contributed by atoms with van der Waals surface area (Å²) in [6.07, 6.45) is -0.0365. The number of rotatable bonds is 7. The lowest BCUT2D eigenvalue weighted by Gasteiger charge is -2.22. The second kappa shape index (κ2) is 8.31. The highest BCUT2D eigenvalue weighted by Crippen LogP contribution is 2.67. The third-order valence-corrected chi connectivity index (χ3v) is 9.00. The minimum absolute atomic E-state index is 0.190. The van der Waals surface area contributed by atoms with Gasteiger partial charge >= 0.3 is 23.2 Å². The fourth-order valence-corrected chi connectivity index (χ4v) is 6.99. The standard InChI is InChI=1S/C14H23N4O10P3/c1-7-8(2)14(26-29(4,19)27-31(23,24)28-30(20,21)22)25-13(7)18-6-5-10-11(15)16-9(3)17-12(10)18/h5-8,13-14H,1-4H3,(H,23,24)(H2,15,16,17)(H2,20,21,22). The zero-order valence-corrected chi connectivity index (χ0v) is 19.6. The third-order valence-electron chi connectivity index (χ3n) is 4.73. The number of aryl methyl sites for hydroxylation is 1. The number of nitrogens with two attached hydrogens (primary N) is 1. The van der Waals surface area contributed by atoms with Crippen LogP contribution in [0.3, 0.4) is 0 Å². The summed E-state index contributed by atoms with van der Waals surface area (Å²) in [5.74, 6) is 0.222.